The van der Waals surface area contributed by atoms with Crippen LogP contribution in [-0.4, -0.2) is 6.04 Å². The Hall–Kier alpha value is -1.03. The molecule has 0 bridgehead atoms. The fourth-order valence-corrected chi connectivity index (χ4v) is 3.25. The lowest BCUT2D eigenvalue weighted by atomic mass is 10.0. The second-order valence-electron chi connectivity index (χ2n) is 4.99. The summed E-state index contributed by atoms with van der Waals surface area (Å²) in [5.41, 5.74) is 8.55. The van der Waals surface area contributed by atoms with Gasteiger partial charge in [0, 0.05) is 15.9 Å². The molecule has 2 aromatic rings. The number of thiophene rings is 1. The molecule has 1 aromatic carbocycles. The average Bonchev–Trinajstić information content (AvgIpc) is 2.85. The predicted octanol–water partition coefficient (Wildman–Crippen LogP) is 4.88. The van der Waals surface area contributed by atoms with Crippen LogP contribution in [0, 0.1) is 13.8 Å². The average molecular weight is 310 g/mol. The van der Waals surface area contributed by atoms with E-state index in [4.69, 9.17) is 22.1 Å². The summed E-state index contributed by atoms with van der Waals surface area (Å²) in [5, 5.41) is 2.76. The Morgan fingerprint density at radius 2 is 2.00 bits per heavy atom. The number of ether oxygens (including phenoxy) is 1. The fourth-order valence-electron chi connectivity index (χ4n) is 2.06. The standard InChI is InChI=1S/C16H20ClNOS/c1-4-13(18)15(16-11(3)7-8-20-16)19-14-9-12(17)6-5-10(14)2/h5-9,13,15H,4,18H2,1-3H3. The van der Waals surface area contributed by atoms with Crippen molar-refractivity contribution in [1.29, 1.82) is 0 Å². The maximum absolute atomic E-state index is 6.26. The smallest absolute Gasteiger partial charge is 0.148 e. The Bertz CT molecular complexity index is 582. The molecule has 1 heterocycles. The van der Waals surface area contributed by atoms with E-state index in [1.165, 1.54) is 10.4 Å². The largest absolute Gasteiger partial charge is 0.483 e. The van der Waals surface area contributed by atoms with Gasteiger partial charge in [0.1, 0.15) is 11.9 Å². The molecule has 0 amide bonds. The number of nitrogens with two attached hydrogens (primary N) is 1. The van der Waals surface area contributed by atoms with Crippen molar-refractivity contribution in [3.63, 3.8) is 0 Å². The van der Waals surface area contributed by atoms with Crippen molar-refractivity contribution in [3.05, 3.63) is 50.7 Å². The molecular formula is C16H20ClNOS. The predicted molar refractivity (Wildman–Crippen MR) is 86.9 cm³/mol. The first-order chi connectivity index (χ1) is 9.52. The van der Waals surface area contributed by atoms with Crippen molar-refractivity contribution in [2.75, 3.05) is 0 Å². The van der Waals surface area contributed by atoms with Crippen molar-refractivity contribution in [2.24, 2.45) is 5.73 Å². The molecule has 0 aliphatic heterocycles. The van der Waals surface area contributed by atoms with E-state index in [2.05, 4.69) is 25.3 Å². The maximum atomic E-state index is 6.26. The number of aryl methyl sites for hydroxylation is 2. The van der Waals surface area contributed by atoms with E-state index in [0.717, 1.165) is 17.7 Å². The summed E-state index contributed by atoms with van der Waals surface area (Å²) in [7, 11) is 0. The minimum atomic E-state index is -0.128. The van der Waals surface area contributed by atoms with Crippen molar-refractivity contribution in [3.8, 4) is 5.75 Å². The molecule has 2 rings (SSSR count). The van der Waals surface area contributed by atoms with Crippen LogP contribution in [-0.2, 0) is 0 Å². The van der Waals surface area contributed by atoms with Gasteiger partial charge in [0.05, 0.1) is 0 Å². The second-order valence-corrected chi connectivity index (χ2v) is 6.37. The lowest BCUT2D eigenvalue weighted by Gasteiger charge is -2.25. The lowest BCUT2D eigenvalue weighted by molar-refractivity contribution is 0.173. The Morgan fingerprint density at radius 1 is 1.25 bits per heavy atom. The van der Waals surface area contributed by atoms with E-state index in [-0.39, 0.29) is 12.1 Å². The molecule has 0 saturated heterocycles. The van der Waals surface area contributed by atoms with E-state index >= 15 is 0 Å². The monoisotopic (exact) mass is 309 g/mol. The van der Waals surface area contributed by atoms with Gasteiger partial charge in [0.2, 0.25) is 0 Å². The third-order valence-corrected chi connectivity index (χ3v) is 4.74. The summed E-state index contributed by atoms with van der Waals surface area (Å²) >= 11 is 7.75. The molecule has 20 heavy (non-hydrogen) atoms. The minimum absolute atomic E-state index is 0.0364. The Balaban J connectivity index is 2.33. The molecule has 2 nitrogen and oxygen atoms in total. The quantitative estimate of drug-likeness (QED) is 0.854. The zero-order valence-corrected chi connectivity index (χ0v) is 13.6. The van der Waals surface area contributed by atoms with Crippen molar-refractivity contribution in [1.82, 2.24) is 0 Å². The molecule has 0 spiro atoms. The summed E-state index contributed by atoms with van der Waals surface area (Å²) in [6.45, 7) is 6.19. The minimum Gasteiger partial charge on any atom is -0.483 e. The van der Waals surface area contributed by atoms with Gasteiger partial charge in [0.25, 0.3) is 0 Å². The van der Waals surface area contributed by atoms with E-state index in [1.807, 2.05) is 25.1 Å². The SMILES string of the molecule is CCC(N)C(Oc1cc(Cl)ccc1C)c1sccc1C. The highest BCUT2D eigenvalue weighted by Crippen LogP contribution is 2.33. The molecule has 0 aliphatic rings. The first kappa shape index (κ1) is 15.4. The number of hydrogen-bond donors (Lipinski definition) is 1. The van der Waals surface area contributed by atoms with Crippen LogP contribution in [0.1, 0.15) is 35.5 Å². The van der Waals surface area contributed by atoms with E-state index < -0.39 is 0 Å². The third kappa shape index (κ3) is 3.35. The summed E-state index contributed by atoms with van der Waals surface area (Å²) in [6.07, 6.45) is 0.735. The normalized spacial score (nSPS) is 14.1. The van der Waals surface area contributed by atoms with Gasteiger partial charge in [-0.05, 0) is 55.0 Å². The fraction of sp³-hybridized carbons (Fsp3) is 0.375. The summed E-state index contributed by atoms with van der Waals surface area (Å²) in [4.78, 5) is 1.19. The number of halogens is 1. The summed E-state index contributed by atoms with van der Waals surface area (Å²) < 4.78 is 6.20. The highest BCUT2D eigenvalue weighted by atomic mass is 35.5. The van der Waals surface area contributed by atoms with Gasteiger partial charge in [-0.25, -0.2) is 0 Å². The Kier molecular flexibility index (Phi) is 5.08. The number of rotatable bonds is 5. The van der Waals surface area contributed by atoms with Gasteiger partial charge in [-0.3, -0.25) is 0 Å². The third-order valence-electron chi connectivity index (χ3n) is 3.42. The van der Waals surface area contributed by atoms with Crippen molar-refractivity contribution < 1.29 is 4.74 Å². The zero-order chi connectivity index (χ0) is 14.7. The summed E-state index contributed by atoms with van der Waals surface area (Å²) in [5.74, 6) is 0.805. The van der Waals surface area contributed by atoms with Crippen LogP contribution in [0.5, 0.6) is 5.75 Å². The topological polar surface area (TPSA) is 35.2 Å². The van der Waals surface area contributed by atoms with Crippen LogP contribution in [0.4, 0.5) is 0 Å². The van der Waals surface area contributed by atoms with Gasteiger partial charge >= 0.3 is 0 Å². The van der Waals surface area contributed by atoms with Gasteiger partial charge < -0.3 is 10.5 Å². The molecule has 2 unspecified atom stereocenters. The van der Waals surface area contributed by atoms with Crippen LogP contribution in [0.2, 0.25) is 5.02 Å². The molecule has 1 aromatic heterocycles. The van der Waals surface area contributed by atoms with Crippen molar-refractivity contribution in [2.45, 2.75) is 39.3 Å². The molecule has 2 atom stereocenters. The zero-order valence-electron chi connectivity index (χ0n) is 12.0. The molecule has 2 N–H and O–H groups in total. The Morgan fingerprint density at radius 3 is 2.60 bits per heavy atom. The molecule has 108 valence electrons. The molecule has 0 radical (unpaired) electrons. The van der Waals surface area contributed by atoms with Gasteiger partial charge in [-0.2, -0.15) is 0 Å². The first-order valence-corrected chi connectivity index (χ1v) is 8.01. The van der Waals surface area contributed by atoms with Crippen LogP contribution in [0.15, 0.2) is 29.6 Å². The number of benzene rings is 1. The van der Waals surface area contributed by atoms with E-state index in [0.29, 0.717) is 5.02 Å². The van der Waals surface area contributed by atoms with Crippen LogP contribution < -0.4 is 10.5 Å². The highest BCUT2D eigenvalue weighted by molar-refractivity contribution is 7.10. The van der Waals surface area contributed by atoms with Crippen LogP contribution in [0.25, 0.3) is 0 Å². The number of hydrogen-bond acceptors (Lipinski definition) is 3. The van der Waals surface area contributed by atoms with Crippen molar-refractivity contribution >= 4 is 22.9 Å². The molecule has 0 fully saturated rings. The summed E-state index contributed by atoms with van der Waals surface area (Å²) in [6, 6.07) is 7.76. The van der Waals surface area contributed by atoms with Crippen LogP contribution >= 0.6 is 22.9 Å². The molecule has 0 saturated carbocycles. The second kappa shape index (κ2) is 6.61. The molecule has 4 heteroatoms. The van der Waals surface area contributed by atoms with Gasteiger partial charge in [-0.15, -0.1) is 11.3 Å². The Labute approximate surface area is 129 Å². The highest BCUT2D eigenvalue weighted by Gasteiger charge is 2.24. The maximum Gasteiger partial charge on any atom is 0.148 e. The molecular weight excluding hydrogens is 290 g/mol. The van der Waals surface area contributed by atoms with E-state index in [9.17, 15) is 0 Å². The lowest BCUT2D eigenvalue weighted by Crippen LogP contribution is -2.31. The van der Waals surface area contributed by atoms with E-state index in [1.54, 1.807) is 11.3 Å². The molecule has 0 aliphatic carbocycles. The first-order valence-electron chi connectivity index (χ1n) is 6.75. The van der Waals surface area contributed by atoms with Gasteiger partial charge in [0.15, 0.2) is 0 Å². The van der Waals surface area contributed by atoms with Crippen LogP contribution in [0.3, 0.4) is 0 Å². The van der Waals surface area contributed by atoms with Gasteiger partial charge in [-0.1, -0.05) is 24.6 Å².